The lowest BCUT2D eigenvalue weighted by Crippen LogP contribution is -2.23. The molecule has 0 aliphatic rings. The van der Waals surface area contributed by atoms with Gasteiger partial charge in [-0.1, -0.05) is 56.2 Å². The number of ether oxygens (including phenoxy) is 4. The first-order chi connectivity index (χ1) is 25.5. The molecular formula is C31H37Cl2N15O4. The highest BCUT2D eigenvalue weighted by atomic mass is 35.5. The first-order valence-electron chi connectivity index (χ1n) is 15.5. The van der Waals surface area contributed by atoms with Crippen LogP contribution in [0.15, 0.2) is 91.5 Å². The Morgan fingerprint density at radius 3 is 2.04 bits per heavy atom. The van der Waals surface area contributed by atoms with Gasteiger partial charge < -0.3 is 35.4 Å². The van der Waals surface area contributed by atoms with Crippen LogP contribution in [-0.2, 0) is 20.8 Å². The molecular weight excluding hydrogens is 717 g/mol. The van der Waals surface area contributed by atoms with Gasteiger partial charge in [-0.25, -0.2) is 5.10 Å². The van der Waals surface area contributed by atoms with Gasteiger partial charge in [0, 0.05) is 57.9 Å². The number of rotatable bonds is 13. The molecule has 274 valence electrons. The van der Waals surface area contributed by atoms with Gasteiger partial charge >= 0.3 is 0 Å². The van der Waals surface area contributed by atoms with E-state index in [0.717, 1.165) is 16.5 Å². The molecule has 0 bridgehead atoms. The highest BCUT2D eigenvalue weighted by Crippen LogP contribution is 2.33. The van der Waals surface area contributed by atoms with E-state index >= 15 is 0 Å². The van der Waals surface area contributed by atoms with Crippen molar-refractivity contribution in [3.8, 4) is 5.88 Å². The first kappa shape index (κ1) is 38.9. The minimum atomic E-state index is -0.901. The summed E-state index contributed by atoms with van der Waals surface area (Å²) in [6.45, 7) is 3.56. The summed E-state index contributed by atoms with van der Waals surface area (Å²) in [7, 11) is 0. The second-order valence-electron chi connectivity index (χ2n) is 9.94. The van der Waals surface area contributed by atoms with Crippen molar-refractivity contribution in [2.24, 2.45) is 11.5 Å². The molecule has 0 saturated carbocycles. The molecule has 5 aromatic heterocycles. The summed E-state index contributed by atoms with van der Waals surface area (Å²) in [6, 6.07) is 11.9. The minimum Gasteiger partial charge on any atom is -0.486 e. The Kier molecular flexibility index (Phi) is 16.5. The van der Waals surface area contributed by atoms with Crippen molar-refractivity contribution in [1.82, 2.24) is 66.6 Å². The van der Waals surface area contributed by atoms with Crippen LogP contribution in [0.25, 0.3) is 16.7 Å². The molecule has 0 spiro atoms. The van der Waals surface area contributed by atoms with E-state index in [1.54, 1.807) is 61.6 Å². The fraction of sp³-hybridized carbons (Fsp3) is 0.226. The van der Waals surface area contributed by atoms with Gasteiger partial charge in [-0.15, -0.1) is 20.4 Å². The van der Waals surface area contributed by atoms with Crippen LogP contribution in [0.3, 0.4) is 0 Å². The summed E-state index contributed by atoms with van der Waals surface area (Å²) < 4.78 is 22.5. The quantitative estimate of drug-likeness (QED) is 0.0499. The summed E-state index contributed by atoms with van der Waals surface area (Å²) in [5, 5.41) is 40.4. The number of nitrogens with one attached hydrogen (secondary N) is 5. The minimum absolute atomic E-state index is 0.0405. The van der Waals surface area contributed by atoms with E-state index in [9.17, 15) is 0 Å². The summed E-state index contributed by atoms with van der Waals surface area (Å²) >= 11 is 12.3. The normalized spacial score (nSPS) is 11.5. The average Bonchev–Trinajstić information content (AvgIpc) is 4.02. The lowest BCUT2D eigenvalue weighted by molar-refractivity contribution is -0.0172. The van der Waals surface area contributed by atoms with Gasteiger partial charge in [-0.3, -0.25) is 15.3 Å². The largest absolute Gasteiger partial charge is 0.486 e. The Hall–Kier alpha value is -5.86. The topological polar surface area (TPSA) is 271 Å². The predicted octanol–water partition coefficient (Wildman–Crippen LogP) is 3.94. The maximum absolute atomic E-state index is 6.62. The lowest BCUT2D eigenvalue weighted by Gasteiger charge is -2.18. The second-order valence-corrected chi connectivity index (χ2v) is 10.8. The van der Waals surface area contributed by atoms with Crippen LogP contribution in [0.5, 0.6) is 5.88 Å². The van der Waals surface area contributed by atoms with Crippen molar-refractivity contribution < 1.29 is 18.9 Å². The van der Waals surface area contributed by atoms with Gasteiger partial charge in [-0.05, 0) is 42.8 Å². The Bertz CT molecular complexity index is 1840. The number of aromatic amines is 5. The van der Waals surface area contributed by atoms with Crippen molar-refractivity contribution in [2.45, 2.75) is 19.6 Å². The zero-order chi connectivity index (χ0) is 36.8. The van der Waals surface area contributed by atoms with Crippen LogP contribution in [0.1, 0.15) is 29.8 Å². The Morgan fingerprint density at radius 1 is 0.827 bits per heavy atom. The van der Waals surface area contributed by atoms with Crippen LogP contribution in [-0.4, -0.2) is 93.2 Å². The van der Waals surface area contributed by atoms with Gasteiger partial charge in [0.1, 0.15) is 18.1 Å². The molecule has 1 atom stereocenters. The number of benzene rings is 2. The van der Waals surface area contributed by atoms with Gasteiger partial charge in [0.2, 0.25) is 5.88 Å². The summed E-state index contributed by atoms with van der Waals surface area (Å²) in [4.78, 5) is 3.22. The van der Waals surface area contributed by atoms with Crippen molar-refractivity contribution in [2.75, 3.05) is 26.6 Å². The van der Waals surface area contributed by atoms with E-state index in [-0.39, 0.29) is 25.0 Å². The van der Waals surface area contributed by atoms with E-state index in [1.165, 1.54) is 0 Å². The molecule has 1 unspecified atom stereocenters. The third kappa shape index (κ3) is 12.8. The highest BCUT2D eigenvalue weighted by Gasteiger charge is 2.25. The fourth-order valence-corrected chi connectivity index (χ4v) is 4.38. The van der Waals surface area contributed by atoms with Crippen LogP contribution >= 0.6 is 23.2 Å². The van der Waals surface area contributed by atoms with E-state index < -0.39 is 6.04 Å². The average molecular weight is 755 g/mol. The molecule has 5 heterocycles. The molecule has 0 amide bonds. The molecule has 0 saturated heterocycles. The van der Waals surface area contributed by atoms with Crippen molar-refractivity contribution in [1.29, 1.82) is 0 Å². The molecule has 9 N–H and O–H groups in total. The third-order valence-corrected chi connectivity index (χ3v) is 6.96. The fourth-order valence-electron chi connectivity index (χ4n) is 4.08. The zero-order valence-corrected chi connectivity index (χ0v) is 29.3. The van der Waals surface area contributed by atoms with Gasteiger partial charge in [-0.2, -0.15) is 0 Å². The van der Waals surface area contributed by atoms with Gasteiger partial charge in [0.05, 0.1) is 43.5 Å². The third-order valence-electron chi connectivity index (χ3n) is 6.47. The van der Waals surface area contributed by atoms with E-state index in [0.29, 0.717) is 46.9 Å². The summed E-state index contributed by atoms with van der Waals surface area (Å²) in [5.41, 5.74) is 16.2. The van der Waals surface area contributed by atoms with Crippen LogP contribution in [0.4, 0.5) is 0 Å². The number of fused-ring (bicyclic) bond motifs is 1. The molecule has 19 nitrogen and oxygen atoms in total. The molecule has 7 rings (SSSR count). The van der Waals surface area contributed by atoms with Gasteiger partial charge in [0.15, 0.2) is 6.79 Å². The number of halogens is 2. The number of aromatic nitrogens is 13. The number of hydrogen-bond acceptors (Lipinski definition) is 14. The Balaban J connectivity index is 0.000000328. The SMILES string of the molecule is CCOCCOCOc1[nH]nnc1C(N)C(N)=C(OCc1ccc(Cl)cc1)c1c[nH]c2ccc(Cl)cc12.c1c[nH]nn1.c1c[nH]nn1.c1c[nH]nn1. The van der Waals surface area contributed by atoms with E-state index in [2.05, 4.69) is 66.6 Å². The number of nitrogens with zero attached hydrogens (tertiary/aromatic N) is 8. The molecule has 0 fully saturated rings. The van der Waals surface area contributed by atoms with Crippen LogP contribution in [0, 0.1) is 0 Å². The zero-order valence-electron chi connectivity index (χ0n) is 27.8. The van der Waals surface area contributed by atoms with Crippen molar-refractivity contribution in [3.63, 3.8) is 0 Å². The van der Waals surface area contributed by atoms with Gasteiger partial charge in [0.25, 0.3) is 0 Å². The second kappa shape index (κ2) is 22.1. The highest BCUT2D eigenvalue weighted by molar-refractivity contribution is 6.31. The number of H-pyrrole nitrogens is 5. The monoisotopic (exact) mass is 753 g/mol. The summed E-state index contributed by atoms with van der Waals surface area (Å²) in [5.74, 6) is 0.615. The molecule has 0 aliphatic heterocycles. The van der Waals surface area contributed by atoms with E-state index in [1.807, 2.05) is 31.2 Å². The molecule has 0 radical (unpaired) electrons. The predicted molar refractivity (Wildman–Crippen MR) is 191 cm³/mol. The maximum atomic E-state index is 6.62. The smallest absolute Gasteiger partial charge is 0.237 e. The Morgan fingerprint density at radius 2 is 1.46 bits per heavy atom. The lowest BCUT2D eigenvalue weighted by atomic mass is 10.1. The molecule has 0 aliphatic carbocycles. The number of hydrogen-bond donors (Lipinski definition) is 7. The van der Waals surface area contributed by atoms with Crippen LogP contribution in [0.2, 0.25) is 10.0 Å². The summed E-state index contributed by atoms with van der Waals surface area (Å²) in [6.07, 6.45) is 11.5. The molecule has 7 aromatic rings. The Labute approximate surface area is 306 Å². The van der Waals surface area contributed by atoms with Crippen LogP contribution < -0.4 is 16.2 Å². The molecule has 2 aromatic carbocycles. The molecule has 21 heteroatoms. The van der Waals surface area contributed by atoms with Crippen molar-refractivity contribution >= 4 is 39.9 Å². The molecule has 52 heavy (non-hydrogen) atoms. The van der Waals surface area contributed by atoms with E-state index in [4.69, 9.17) is 53.6 Å². The first-order valence-corrected chi connectivity index (χ1v) is 16.2. The maximum Gasteiger partial charge on any atom is 0.237 e. The standard InChI is InChI=1S/C25H28Cl2N6O4.3C2H3N3/c1-2-34-9-10-35-14-37-25-23(31-33-32-25)21(28)22(29)24(36-13-15-3-5-16(26)6-4-15)19-12-30-20-8-7-17(27)11-18(19)20;3*1-2-4-5-3-1/h3-8,11-12,21,30H,2,9-10,13-14,28-29H2,1H3,(H,31,32,33);3*1-2H,(H,3,4,5). The number of nitrogens with two attached hydrogens (primary N) is 2. The van der Waals surface area contributed by atoms with Crippen molar-refractivity contribution in [3.05, 3.63) is 118 Å².